The molecule has 12 rings (SSSR count). The van der Waals surface area contributed by atoms with E-state index in [4.69, 9.17) is 11.6 Å². The summed E-state index contributed by atoms with van der Waals surface area (Å²) in [5.74, 6) is -0.430. The van der Waals surface area contributed by atoms with Crippen LogP contribution in [-0.4, -0.2) is 55.3 Å². The molecule has 0 fully saturated rings. The standard InChI is InChI=1S/C29H29F6NO.C28H29ClF3NO.C27H26F6N2O.C27H30F3N2O.CH4/c1-5-36(25-8-6-7-24(17-25)29(33,34)35)26-15-21(20-9-11-23(12-10-20)28(30,31)32)14-22(16-26)27(19(4)37)13-18(2)3;1-5-33(25-12-10-24(29)11-13-25)26-16-21(20-6-8-23(9-7-20)28(30,31)32)15-22(17-26)27(19(4)34)14-18(2)3;1-16(2)11-24(17(3)36)20-12-19(18-5-7-21(8-6-18)26(28,29)30)13-23(14-20)35(4)22-9-10-25(34-15-22)27(31,32)33;1-18(2)14-26(19(3)33)22-15-21(20-6-8-23(9-7-20)27(28,29)30)16-25(17-22)32(5)24-10-12-31(4)13-11-24;/h6-12,14-18,27H,5,13H2,1-4H3;6-13,15-18,27H,5,14H2,1-4H3;5-10,12-16,24H,11H2,1-4H3;6-13,15-18,26H,14H2,1-5H3;1H4/q;;;+1;. The van der Waals surface area contributed by atoms with Crippen LogP contribution in [0.25, 0.3) is 44.5 Å². The van der Waals surface area contributed by atoms with Crippen LogP contribution < -0.4 is 24.2 Å². The number of carbonyl (C=O) groups excluding carboxylic acids is 4. The minimum Gasteiger partial charge on any atom is -0.344 e. The van der Waals surface area contributed by atoms with E-state index in [1.165, 1.54) is 74.5 Å². The SMILES string of the molecule is C.CC(=O)C(CC(C)C)c1cc(-c2ccc(C(F)(F)F)cc2)cc(N(C)c2cc[n+](C)cc2)c1.CC(=O)C(CC(C)C)c1cc(-c2ccc(C(F)(F)F)cc2)cc(N(C)c2ccc(C(F)(F)F)nc2)c1.CCN(c1cc(-c2ccc(C(F)(F)F)cc2)cc(C(CC(C)C)C(C)=O)c1)c1cccc(C(F)(F)F)c1.CCN(c1ccc(Cl)cc1)c1cc(-c2ccc(C(F)(F)F)cc2)cc(C(CC(C)C)C(C)=O)c1. The average molecular weight is 1990 g/mol. The molecule has 0 radical (unpaired) electrons. The second-order valence-corrected chi connectivity index (χ2v) is 36.9. The van der Waals surface area contributed by atoms with Crippen LogP contribution in [-0.2, 0) is 63.3 Å². The molecule has 141 heavy (non-hydrogen) atoms. The highest BCUT2D eigenvalue weighted by Gasteiger charge is 2.37. The second kappa shape index (κ2) is 48.3. The molecule has 0 aliphatic rings. The summed E-state index contributed by atoms with van der Waals surface area (Å²) < 4.78 is 238. The van der Waals surface area contributed by atoms with Gasteiger partial charge >= 0.3 is 37.1 Å². The first-order valence-electron chi connectivity index (χ1n) is 45.6. The number of aromatic nitrogens is 2. The molecule has 2 aromatic heterocycles. The monoisotopic (exact) mass is 1990 g/mol. The van der Waals surface area contributed by atoms with Crippen LogP contribution in [0, 0.1) is 23.7 Å². The Morgan fingerprint density at radius 2 is 0.582 bits per heavy atom. The van der Waals surface area contributed by atoms with Crippen molar-refractivity contribution in [1.29, 1.82) is 0 Å². The van der Waals surface area contributed by atoms with E-state index in [0.717, 1.165) is 118 Å². The summed E-state index contributed by atoms with van der Waals surface area (Å²) >= 11 is 6.07. The molecule has 0 spiro atoms. The molecule has 0 saturated heterocycles. The Labute approximate surface area is 818 Å². The molecule has 0 bridgehead atoms. The summed E-state index contributed by atoms with van der Waals surface area (Å²) in [4.78, 5) is 61.2. The zero-order valence-corrected chi connectivity index (χ0v) is 81.4. The van der Waals surface area contributed by atoms with E-state index in [2.05, 4.69) is 37.6 Å². The van der Waals surface area contributed by atoms with Crippen molar-refractivity contribution in [2.75, 3.05) is 46.8 Å². The number of Topliss-reactive ketones (excluding diaryl/α,β-unsaturated/α-hetero) is 4. The highest BCUT2D eigenvalue weighted by atomic mass is 35.5. The third-order valence-corrected chi connectivity index (χ3v) is 24.0. The molecule has 0 aliphatic carbocycles. The van der Waals surface area contributed by atoms with E-state index in [0.29, 0.717) is 123 Å². The minimum atomic E-state index is -4.57. The number of aryl methyl sites for hydroxylation is 1. The smallest absolute Gasteiger partial charge is 0.344 e. The Hall–Kier alpha value is -12.6. The highest BCUT2D eigenvalue weighted by molar-refractivity contribution is 6.30. The molecule has 0 aliphatic heterocycles. The number of halogens is 19. The van der Waals surface area contributed by atoms with Crippen LogP contribution in [0.15, 0.2) is 261 Å². The highest BCUT2D eigenvalue weighted by Crippen LogP contribution is 2.46. The van der Waals surface area contributed by atoms with Crippen molar-refractivity contribution in [3.05, 3.63) is 322 Å². The first-order valence-corrected chi connectivity index (χ1v) is 46.0. The van der Waals surface area contributed by atoms with E-state index in [1.54, 1.807) is 80.1 Å². The summed E-state index contributed by atoms with van der Waals surface area (Å²) in [7, 11) is 5.53. The summed E-state index contributed by atoms with van der Waals surface area (Å²) in [6.45, 7) is 27.2. The predicted octanol–water partition coefficient (Wildman–Crippen LogP) is 33.8. The molecule has 4 unspecified atom stereocenters. The quantitative estimate of drug-likeness (QED) is 0.0322. The molecule has 10 aromatic carbocycles. The van der Waals surface area contributed by atoms with Gasteiger partial charge in [0.15, 0.2) is 12.4 Å². The van der Waals surface area contributed by atoms with Gasteiger partial charge in [0, 0.05) is 102 Å². The Morgan fingerprint density at radius 3 is 0.844 bits per heavy atom. The molecular weight excluding hydrogens is 1870 g/mol. The topological polar surface area (TPSA) is 98.0 Å². The minimum absolute atomic E-state index is 0. The maximum atomic E-state index is 13.4. The van der Waals surface area contributed by atoms with Crippen molar-refractivity contribution in [3.63, 3.8) is 0 Å². The molecule has 752 valence electrons. The zero-order chi connectivity index (χ0) is 104. The third-order valence-electron chi connectivity index (χ3n) is 23.8. The van der Waals surface area contributed by atoms with Crippen LogP contribution in [0.2, 0.25) is 5.02 Å². The van der Waals surface area contributed by atoms with Crippen LogP contribution in [0.4, 0.5) is 125 Å². The van der Waals surface area contributed by atoms with Gasteiger partial charge in [-0.25, -0.2) is 9.55 Å². The van der Waals surface area contributed by atoms with E-state index in [-0.39, 0.29) is 54.2 Å². The number of pyridine rings is 2. The van der Waals surface area contributed by atoms with Gasteiger partial charge in [-0.15, -0.1) is 0 Å². The van der Waals surface area contributed by atoms with Crippen LogP contribution >= 0.6 is 11.6 Å². The summed E-state index contributed by atoms with van der Waals surface area (Å²) in [5.41, 5.74) is 8.80. The van der Waals surface area contributed by atoms with E-state index in [1.807, 2.05) is 143 Å². The van der Waals surface area contributed by atoms with Crippen LogP contribution in [0.3, 0.4) is 0 Å². The van der Waals surface area contributed by atoms with Crippen LogP contribution in [0.5, 0.6) is 0 Å². The molecule has 29 heteroatoms. The number of anilines is 8. The Bertz CT molecular complexity index is 6160. The van der Waals surface area contributed by atoms with Gasteiger partial charge in [-0.1, -0.05) is 153 Å². The van der Waals surface area contributed by atoms with E-state index >= 15 is 0 Å². The first-order chi connectivity index (χ1) is 65.3. The number of carbonyl (C=O) groups is 4. The fourth-order valence-corrected chi connectivity index (χ4v) is 16.5. The molecule has 0 saturated carbocycles. The molecule has 4 atom stereocenters. The maximum Gasteiger partial charge on any atom is 0.433 e. The molecule has 10 nitrogen and oxygen atoms in total. The Morgan fingerprint density at radius 1 is 0.305 bits per heavy atom. The van der Waals surface area contributed by atoms with Gasteiger partial charge in [0.1, 0.15) is 35.9 Å². The van der Waals surface area contributed by atoms with Gasteiger partial charge in [-0.3, -0.25) is 19.2 Å². The number of alkyl halides is 18. The Kier molecular flexibility index (Phi) is 38.9. The largest absolute Gasteiger partial charge is 0.433 e. The van der Waals surface area contributed by atoms with Gasteiger partial charge in [-0.2, -0.15) is 79.0 Å². The Balaban J connectivity index is 0.000000230. The van der Waals surface area contributed by atoms with Gasteiger partial charge in [0.2, 0.25) is 0 Å². The lowest BCUT2D eigenvalue weighted by Crippen LogP contribution is -2.26. The van der Waals surface area contributed by atoms with Crippen molar-refractivity contribution in [1.82, 2.24) is 4.98 Å². The van der Waals surface area contributed by atoms with Crippen molar-refractivity contribution in [2.24, 2.45) is 30.7 Å². The van der Waals surface area contributed by atoms with Crippen molar-refractivity contribution in [3.8, 4) is 44.5 Å². The number of hydrogen-bond donors (Lipinski definition) is 0. The lowest BCUT2D eigenvalue weighted by molar-refractivity contribution is -0.671. The molecular formula is C112H118ClF18N6O4+. The maximum absolute atomic E-state index is 13.4. The van der Waals surface area contributed by atoms with Gasteiger partial charge < -0.3 is 19.6 Å². The van der Waals surface area contributed by atoms with Gasteiger partial charge in [0.05, 0.1) is 45.4 Å². The molecule has 12 aromatic rings. The summed E-state index contributed by atoms with van der Waals surface area (Å²) in [6, 6.07) is 60.6. The second-order valence-electron chi connectivity index (χ2n) is 36.5. The third kappa shape index (κ3) is 31.7. The van der Waals surface area contributed by atoms with E-state index in [9.17, 15) is 98.2 Å². The average Bonchev–Trinajstić information content (AvgIpc) is 0.778. The number of benzene rings is 10. The molecule has 0 N–H and O–H groups in total. The van der Waals surface area contributed by atoms with Gasteiger partial charge in [-0.05, 0) is 309 Å². The van der Waals surface area contributed by atoms with E-state index < -0.39 is 82.4 Å². The van der Waals surface area contributed by atoms with Crippen molar-refractivity contribution in [2.45, 2.75) is 191 Å². The summed E-state index contributed by atoms with van der Waals surface area (Å²) in [6.07, 6.45) is -19.3. The number of hydrogen-bond acceptors (Lipinski definition) is 9. The van der Waals surface area contributed by atoms with Crippen molar-refractivity contribution >= 4 is 80.2 Å². The van der Waals surface area contributed by atoms with Crippen molar-refractivity contribution < 1.29 is 103 Å². The lowest BCUT2D eigenvalue weighted by atomic mass is 9.85. The number of rotatable bonds is 30. The fourth-order valence-electron chi connectivity index (χ4n) is 16.4. The molecule has 2 heterocycles. The lowest BCUT2D eigenvalue weighted by Gasteiger charge is -2.27. The zero-order valence-electron chi connectivity index (χ0n) is 80.7. The molecule has 0 amide bonds. The normalized spacial score (nSPS) is 12.8. The van der Waals surface area contributed by atoms with Gasteiger partial charge in [0.25, 0.3) is 0 Å². The first kappa shape index (κ1) is 114. The summed E-state index contributed by atoms with van der Waals surface area (Å²) in [5, 5.41) is 0.632. The predicted molar refractivity (Wildman–Crippen MR) is 527 cm³/mol. The fraction of sp³-hybridized carbons (Fsp3) is 0.339. The number of nitrogens with zero attached hydrogens (tertiary/aromatic N) is 6. The van der Waals surface area contributed by atoms with Crippen LogP contribution in [0.1, 0.15) is 209 Å². The number of ketones is 4.